The van der Waals surface area contributed by atoms with Crippen molar-refractivity contribution in [2.75, 3.05) is 0 Å². The average Bonchev–Trinajstić information content (AvgIpc) is 3.43. The highest BCUT2D eigenvalue weighted by Gasteiger charge is 2.14. The van der Waals surface area contributed by atoms with Crippen LogP contribution in [0.2, 0.25) is 0 Å². The molecule has 0 atom stereocenters. The summed E-state index contributed by atoms with van der Waals surface area (Å²) in [7, 11) is 0. The van der Waals surface area contributed by atoms with Crippen molar-refractivity contribution in [2.24, 2.45) is 0 Å². The molecule has 0 bridgehead atoms. The van der Waals surface area contributed by atoms with E-state index in [-0.39, 0.29) is 0 Å². The molecule has 4 aromatic heterocycles. The number of aromatic amines is 2. The van der Waals surface area contributed by atoms with E-state index in [4.69, 9.17) is 0 Å². The normalized spacial score (nSPS) is 12.2. The molecular weight excluding hydrogens is 382 g/mol. The number of aromatic nitrogens is 5. The van der Waals surface area contributed by atoms with Crippen LogP contribution in [0.1, 0.15) is 12.5 Å². The summed E-state index contributed by atoms with van der Waals surface area (Å²) >= 11 is 0. The minimum atomic E-state index is 0.883. The van der Waals surface area contributed by atoms with Crippen molar-refractivity contribution in [3.8, 4) is 22.5 Å². The first-order valence-electron chi connectivity index (χ1n) is 10.1. The first kappa shape index (κ1) is 18.8. The third-order valence-electron chi connectivity index (χ3n) is 5.39. The summed E-state index contributed by atoms with van der Waals surface area (Å²) < 4.78 is 0. The summed E-state index contributed by atoms with van der Waals surface area (Å²) in [4.78, 5) is 12.2. The molecule has 0 amide bonds. The third-order valence-corrected chi connectivity index (χ3v) is 5.39. The molecule has 0 saturated carbocycles. The van der Waals surface area contributed by atoms with Crippen molar-refractivity contribution in [3.05, 3.63) is 97.6 Å². The summed E-state index contributed by atoms with van der Waals surface area (Å²) in [5.74, 6) is 0. The van der Waals surface area contributed by atoms with Crippen molar-refractivity contribution in [1.82, 2.24) is 25.1 Å². The zero-order valence-electron chi connectivity index (χ0n) is 17.1. The molecule has 150 valence electrons. The van der Waals surface area contributed by atoms with Crippen LogP contribution in [0.25, 0.3) is 49.9 Å². The van der Waals surface area contributed by atoms with Gasteiger partial charge in [-0.2, -0.15) is 5.10 Å². The summed E-state index contributed by atoms with van der Waals surface area (Å²) in [5.41, 5.74) is 8.12. The standard InChI is InChI=1S/C26H21N5/c1-3-5-7-17(4-2)18-9-10-23-21(12-18)26(31-30-23)24-13-20-22(15-28-16-25(20)29-24)19-8-6-11-27-14-19/h3-16,29H,1H2,2H3,(H,30,31)/b7-5-,17-4+. The van der Waals surface area contributed by atoms with E-state index in [0.717, 1.165) is 55.5 Å². The second-order valence-electron chi connectivity index (χ2n) is 7.24. The van der Waals surface area contributed by atoms with Crippen LogP contribution in [0.4, 0.5) is 0 Å². The topological polar surface area (TPSA) is 70.2 Å². The predicted molar refractivity (Wildman–Crippen MR) is 127 cm³/mol. The summed E-state index contributed by atoms with van der Waals surface area (Å²) in [5, 5.41) is 9.92. The van der Waals surface area contributed by atoms with Gasteiger partial charge in [-0.3, -0.25) is 15.1 Å². The van der Waals surface area contributed by atoms with E-state index in [9.17, 15) is 0 Å². The zero-order valence-corrected chi connectivity index (χ0v) is 17.1. The molecule has 5 nitrogen and oxygen atoms in total. The maximum atomic E-state index is 4.61. The van der Waals surface area contributed by atoms with Crippen molar-refractivity contribution < 1.29 is 0 Å². The lowest BCUT2D eigenvalue weighted by molar-refractivity contribution is 1.12. The highest BCUT2D eigenvalue weighted by molar-refractivity contribution is 6.01. The van der Waals surface area contributed by atoms with Crippen LogP contribution in [0.3, 0.4) is 0 Å². The summed E-state index contributed by atoms with van der Waals surface area (Å²) in [6, 6.07) is 12.4. The lowest BCUT2D eigenvalue weighted by Gasteiger charge is -2.03. The number of hydrogen-bond acceptors (Lipinski definition) is 3. The number of allylic oxidation sites excluding steroid dienone is 5. The Morgan fingerprint density at radius 2 is 1.94 bits per heavy atom. The number of hydrogen-bond donors (Lipinski definition) is 2. The Bertz CT molecular complexity index is 1450. The Kier molecular flexibility index (Phi) is 4.77. The van der Waals surface area contributed by atoms with E-state index in [2.05, 4.69) is 68.1 Å². The number of H-pyrrole nitrogens is 2. The van der Waals surface area contributed by atoms with E-state index >= 15 is 0 Å². The van der Waals surface area contributed by atoms with Gasteiger partial charge in [0.15, 0.2) is 0 Å². The molecule has 5 heteroatoms. The number of rotatable bonds is 5. The molecule has 0 spiro atoms. The molecule has 0 aliphatic heterocycles. The SMILES string of the molecule is C=C/C=C\C(=C/C)c1ccc2[nH]nc(-c3cc4c(-c5cccnc5)cncc4[nH]3)c2c1. The van der Waals surface area contributed by atoms with Gasteiger partial charge in [0, 0.05) is 40.5 Å². The molecular formula is C26H21N5. The van der Waals surface area contributed by atoms with E-state index in [1.165, 1.54) is 0 Å². The van der Waals surface area contributed by atoms with E-state index in [1.54, 1.807) is 12.3 Å². The third kappa shape index (κ3) is 3.36. The first-order chi connectivity index (χ1) is 15.3. The second kappa shape index (κ2) is 7.88. The van der Waals surface area contributed by atoms with Crippen molar-refractivity contribution >= 4 is 27.4 Å². The molecule has 31 heavy (non-hydrogen) atoms. The lowest BCUT2D eigenvalue weighted by Crippen LogP contribution is -1.82. The van der Waals surface area contributed by atoms with Gasteiger partial charge in [-0.05, 0) is 42.3 Å². The van der Waals surface area contributed by atoms with Gasteiger partial charge in [0.2, 0.25) is 0 Å². The lowest BCUT2D eigenvalue weighted by atomic mass is 10.0. The van der Waals surface area contributed by atoms with E-state index < -0.39 is 0 Å². The van der Waals surface area contributed by atoms with Gasteiger partial charge in [0.1, 0.15) is 5.69 Å². The number of nitrogens with one attached hydrogen (secondary N) is 2. The van der Waals surface area contributed by atoms with E-state index in [1.807, 2.05) is 43.7 Å². The Hall–Kier alpha value is -4.25. The minimum Gasteiger partial charge on any atom is -0.352 e. The van der Waals surface area contributed by atoms with Gasteiger partial charge >= 0.3 is 0 Å². The number of fused-ring (bicyclic) bond motifs is 2. The molecule has 0 aliphatic carbocycles. The molecule has 2 N–H and O–H groups in total. The zero-order chi connectivity index (χ0) is 21.2. The van der Waals surface area contributed by atoms with Crippen LogP contribution >= 0.6 is 0 Å². The molecule has 0 saturated heterocycles. The van der Waals surface area contributed by atoms with Gasteiger partial charge in [-0.1, -0.05) is 43.0 Å². The molecule has 0 unspecified atom stereocenters. The smallest absolute Gasteiger partial charge is 0.116 e. The largest absolute Gasteiger partial charge is 0.352 e. The van der Waals surface area contributed by atoms with Crippen LogP contribution in [0.15, 0.2) is 92.1 Å². The van der Waals surface area contributed by atoms with Crippen molar-refractivity contribution in [2.45, 2.75) is 6.92 Å². The molecule has 4 heterocycles. The number of benzene rings is 1. The maximum Gasteiger partial charge on any atom is 0.116 e. The Morgan fingerprint density at radius 1 is 1.00 bits per heavy atom. The van der Waals surface area contributed by atoms with Gasteiger partial charge in [0.25, 0.3) is 0 Å². The molecule has 0 aliphatic rings. The monoisotopic (exact) mass is 403 g/mol. The fourth-order valence-electron chi connectivity index (χ4n) is 3.86. The highest BCUT2D eigenvalue weighted by atomic mass is 15.1. The Morgan fingerprint density at radius 3 is 2.74 bits per heavy atom. The van der Waals surface area contributed by atoms with Crippen LogP contribution in [-0.2, 0) is 0 Å². The molecule has 5 rings (SSSR count). The number of pyridine rings is 2. The fourth-order valence-corrected chi connectivity index (χ4v) is 3.86. The molecule has 5 aromatic rings. The highest BCUT2D eigenvalue weighted by Crippen LogP contribution is 2.34. The predicted octanol–water partition coefficient (Wildman–Crippen LogP) is 6.31. The quantitative estimate of drug-likeness (QED) is 0.338. The Balaban J connectivity index is 1.65. The van der Waals surface area contributed by atoms with Crippen LogP contribution < -0.4 is 0 Å². The molecule has 0 radical (unpaired) electrons. The first-order valence-corrected chi connectivity index (χ1v) is 10.1. The minimum absolute atomic E-state index is 0.883. The molecule has 0 fully saturated rings. The van der Waals surface area contributed by atoms with Gasteiger partial charge in [0.05, 0.1) is 22.9 Å². The van der Waals surface area contributed by atoms with Crippen molar-refractivity contribution in [1.29, 1.82) is 0 Å². The Labute approximate surface area is 179 Å². The molecule has 1 aromatic carbocycles. The second-order valence-corrected chi connectivity index (χ2v) is 7.24. The fraction of sp³-hybridized carbons (Fsp3) is 0.0385. The maximum absolute atomic E-state index is 4.61. The average molecular weight is 403 g/mol. The van der Waals surface area contributed by atoms with Crippen LogP contribution in [0.5, 0.6) is 0 Å². The van der Waals surface area contributed by atoms with Crippen LogP contribution in [-0.4, -0.2) is 25.1 Å². The summed E-state index contributed by atoms with van der Waals surface area (Å²) in [6.07, 6.45) is 15.2. The van der Waals surface area contributed by atoms with Crippen molar-refractivity contribution in [3.63, 3.8) is 0 Å². The van der Waals surface area contributed by atoms with Gasteiger partial charge in [-0.15, -0.1) is 0 Å². The van der Waals surface area contributed by atoms with Crippen LogP contribution in [0, 0.1) is 0 Å². The summed E-state index contributed by atoms with van der Waals surface area (Å²) in [6.45, 7) is 5.80. The van der Waals surface area contributed by atoms with Gasteiger partial charge in [-0.25, -0.2) is 0 Å². The van der Waals surface area contributed by atoms with E-state index in [0.29, 0.717) is 0 Å². The van der Waals surface area contributed by atoms with Gasteiger partial charge < -0.3 is 4.98 Å². The number of nitrogens with zero attached hydrogens (tertiary/aromatic N) is 3.